The van der Waals surface area contributed by atoms with Crippen LogP contribution in [-0.4, -0.2) is 40.6 Å². The minimum absolute atomic E-state index is 0.288. The maximum absolute atomic E-state index is 6.04. The van der Waals surface area contributed by atoms with E-state index >= 15 is 0 Å². The van der Waals surface area contributed by atoms with Crippen LogP contribution in [0.15, 0.2) is 9.52 Å². The number of aliphatic imine (C=N–C) groups is 1. The van der Waals surface area contributed by atoms with Gasteiger partial charge in [-0.3, -0.25) is 4.99 Å². The number of likely N-dealkylation sites (tertiary alicyclic amines) is 1. The maximum Gasteiger partial charge on any atom is 0.228 e. The average molecular weight is 279 g/mol. The van der Waals surface area contributed by atoms with Crippen LogP contribution in [0.25, 0.3) is 0 Å². The number of rotatable bonds is 4. The third-order valence-electron chi connectivity index (χ3n) is 3.58. The summed E-state index contributed by atoms with van der Waals surface area (Å²) in [5.74, 6) is 3.01. The summed E-state index contributed by atoms with van der Waals surface area (Å²) in [7, 11) is 0. The van der Waals surface area contributed by atoms with Gasteiger partial charge in [0.25, 0.3) is 0 Å². The molecule has 0 saturated carbocycles. The zero-order chi connectivity index (χ0) is 14.5. The molecule has 1 unspecified atom stereocenters. The van der Waals surface area contributed by atoms with Crippen molar-refractivity contribution >= 4 is 5.96 Å². The third kappa shape index (κ3) is 3.95. The number of hydrogen-bond acceptors (Lipinski definition) is 4. The molecule has 1 saturated heterocycles. The lowest BCUT2D eigenvalue weighted by Gasteiger charge is -2.31. The molecule has 1 aliphatic heterocycles. The molecule has 1 aromatic rings. The number of aromatic nitrogens is 2. The van der Waals surface area contributed by atoms with E-state index in [1.165, 1.54) is 12.8 Å². The molecule has 1 fully saturated rings. The second-order valence-electron chi connectivity index (χ2n) is 5.88. The van der Waals surface area contributed by atoms with E-state index < -0.39 is 0 Å². The van der Waals surface area contributed by atoms with Crippen molar-refractivity contribution in [2.75, 3.05) is 19.6 Å². The lowest BCUT2D eigenvalue weighted by atomic mass is 10.0. The Bertz CT molecular complexity index is 454. The van der Waals surface area contributed by atoms with Crippen LogP contribution in [0.2, 0.25) is 0 Å². The predicted molar refractivity (Wildman–Crippen MR) is 78.6 cm³/mol. The third-order valence-corrected chi connectivity index (χ3v) is 3.58. The number of piperidine rings is 1. The van der Waals surface area contributed by atoms with E-state index in [4.69, 9.17) is 10.3 Å². The lowest BCUT2D eigenvalue weighted by molar-refractivity contribution is 0.270. The molecular weight excluding hydrogens is 254 g/mol. The highest BCUT2D eigenvalue weighted by Crippen LogP contribution is 2.15. The monoisotopic (exact) mass is 279 g/mol. The molecule has 20 heavy (non-hydrogen) atoms. The molecule has 2 N–H and O–H groups in total. The van der Waals surface area contributed by atoms with Crippen LogP contribution in [0.5, 0.6) is 0 Å². The predicted octanol–water partition coefficient (Wildman–Crippen LogP) is 1.78. The summed E-state index contributed by atoms with van der Waals surface area (Å²) >= 11 is 0. The number of hydrogen-bond donors (Lipinski definition) is 1. The molecule has 0 aliphatic carbocycles. The van der Waals surface area contributed by atoms with Crippen molar-refractivity contribution in [1.29, 1.82) is 0 Å². The molecule has 6 nitrogen and oxygen atoms in total. The summed E-state index contributed by atoms with van der Waals surface area (Å²) in [5, 5.41) is 3.94. The molecule has 0 amide bonds. The fourth-order valence-corrected chi connectivity index (χ4v) is 2.37. The summed E-state index contributed by atoms with van der Waals surface area (Å²) in [5.41, 5.74) is 6.04. The number of guanidine groups is 1. The van der Waals surface area contributed by atoms with Crippen LogP contribution in [-0.2, 0) is 6.42 Å². The average Bonchev–Trinajstić information content (AvgIpc) is 2.87. The fourth-order valence-electron chi connectivity index (χ4n) is 2.37. The van der Waals surface area contributed by atoms with Crippen molar-refractivity contribution in [3.8, 4) is 0 Å². The SMILES string of the molecule is CC1CCCN(C(N)=NCCc2nc(C(C)C)no2)C1. The highest BCUT2D eigenvalue weighted by atomic mass is 16.5. The van der Waals surface area contributed by atoms with E-state index in [0.29, 0.717) is 30.7 Å². The molecule has 2 heterocycles. The van der Waals surface area contributed by atoms with E-state index in [-0.39, 0.29) is 5.92 Å². The first-order valence-electron chi connectivity index (χ1n) is 7.43. The van der Waals surface area contributed by atoms with Gasteiger partial charge in [0.2, 0.25) is 5.89 Å². The van der Waals surface area contributed by atoms with E-state index in [2.05, 4.69) is 27.0 Å². The molecule has 0 radical (unpaired) electrons. The summed E-state index contributed by atoms with van der Waals surface area (Å²) < 4.78 is 5.19. The van der Waals surface area contributed by atoms with E-state index in [1.54, 1.807) is 0 Å². The van der Waals surface area contributed by atoms with Gasteiger partial charge in [-0.1, -0.05) is 25.9 Å². The van der Waals surface area contributed by atoms with Crippen molar-refractivity contribution in [3.63, 3.8) is 0 Å². The summed E-state index contributed by atoms with van der Waals surface area (Å²) in [6.45, 7) is 8.96. The van der Waals surface area contributed by atoms with Gasteiger partial charge in [-0.2, -0.15) is 4.98 Å². The Labute approximate surface area is 120 Å². The molecule has 6 heteroatoms. The highest BCUT2D eigenvalue weighted by Gasteiger charge is 2.17. The second kappa shape index (κ2) is 6.72. The molecule has 112 valence electrons. The summed E-state index contributed by atoms with van der Waals surface area (Å²) in [4.78, 5) is 10.9. The minimum Gasteiger partial charge on any atom is -0.370 e. The molecule has 1 aromatic heterocycles. The van der Waals surface area contributed by atoms with Gasteiger partial charge in [0, 0.05) is 25.4 Å². The fraction of sp³-hybridized carbons (Fsp3) is 0.786. The van der Waals surface area contributed by atoms with E-state index in [1.807, 2.05) is 13.8 Å². The largest absolute Gasteiger partial charge is 0.370 e. The normalized spacial score (nSPS) is 20.7. The summed E-state index contributed by atoms with van der Waals surface area (Å²) in [6, 6.07) is 0. The van der Waals surface area contributed by atoms with E-state index in [9.17, 15) is 0 Å². The first-order valence-corrected chi connectivity index (χ1v) is 7.43. The lowest BCUT2D eigenvalue weighted by Crippen LogP contribution is -2.43. The number of nitrogens with two attached hydrogens (primary N) is 1. The van der Waals surface area contributed by atoms with Gasteiger partial charge in [0.15, 0.2) is 11.8 Å². The Hall–Kier alpha value is -1.59. The quantitative estimate of drug-likeness (QED) is 0.671. The van der Waals surface area contributed by atoms with Crippen LogP contribution < -0.4 is 5.73 Å². The van der Waals surface area contributed by atoms with Crippen molar-refractivity contribution < 1.29 is 4.52 Å². The van der Waals surface area contributed by atoms with Crippen molar-refractivity contribution in [2.45, 2.75) is 46.0 Å². The maximum atomic E-state index is 6.04. The minimum atomic E-state index is 0.288. The molecule has 0 bridgehead atoms. The van der Waals surface area contributed by atoms with Crippen LogP contribution in [0.4, 0.5) is 0 Å². The van der Waals surface area contributed by atoms with Crippen LogP contribution in [0, 0.1) is 5.92 Å². The topological polar surface area (TPSA) is 80.5 Å². The van der Waals surface area contributed by atoms with Gasteiger partial charge >= 0.3 is 0 Å². The summed E-state index contributed by atoms with van der Waals surface area (Å²) in [6.07, 6.45) is 3.12. The highest BCUT2D eigenvalue weighted by molar-refractivity contribution is 5.78. The van der Waals surface area contributed by atoms with Gasteiger partial charge in [0.05, 0.1) is 6.54 Å². The Morgan fingerprint density at radius 3 is 3.00 bits per heavy atom. The van der Waals surface area contributed by atoms with Gasteiger partial charge < -0.3 is 15.2 Å². The zero-order valence-electron chi connectivity index (χ0n) is 12.7. The van der Waals surface area contributed by atoms with E-state index in [0.717, 1.165) is 18.9 Å². The van der Waals surface area contributed by atoms with Gasteiger partial charge in [0.1, 0.15) is 0 Å². The molecule has 0 aromatic carbocycles. The Morgan fingerprint density at radius 2 is 2.35 bits per heavy atom. The van der Waals surface area contributed by atoms with Crippen LogP contribution >= 0.6 is 0 Å². The molecular formula is C14H25N5O. The first kappa shape index (κ1) is 14.8. The smallest absolute Gasteiger partial charge is 0.228 e. The second-order valence-corrected chi connectivity index (χ2v) is 5.88. The first-order chi connectivity index (χ1) is 9.56. The standard InChI is InChI=1S/C14H25N5O/c1-10(2)13-17-12(20-18-13)6-7-16-14(15)19-8-4-5-11(3)9-19/h10-11H,4-9H2,1-3H3,(H2,15,16). The number of nitrogens with zero attached hydrogens (tertiary/aromatic N) is 4. The van der Waals surface area contributed by atoms with Crippen molar-refractivity contribution in [3.05, 3.63) is 11.7 Å². The zero-order valence-corrected chi connectivity index (χ0v) is 12.7. The molecule has 0 spiro atoms. The molecule has 1 aliphatic rings. The molecule has 1 atom stereocenters. The Kier molecular flexibility index (Phi) is 4.98. The van der Waals surface area contributed by atoms with Gasteiger partial charge in [-0.15, -0.1) is 0 Å². The Balaban J connectivity index is 1.82. The van der Waals surface area contributed by atoms with Gasteiger partial charge in [-0.05, 0) is 18.8 Å². The Morgan fingerprint density at radius 1 is 1.55 bits per heavy atom. The molecule has 2 rings (SSSR count). The van der Waals surface area contributed by atoms with Gasteiger partial charge in [-0.25, -0.2) is 0 Å². The van der Waals surface area contributed by atoms with Crippen LogP contribution in [0.3, 0.4) is 0 Å². The van der Waals surface area contributed by atoms with Crippen molar-refractivity contribution in [1.82, 2.24) is 15.0 Å². The van der Waals surface area contributed by atoms with Crippen LogP contribution in [0.1, 0.15) is 51.2 Å². The van der Waals surface area contributed by atoms with Crippen molar-refractivity contribution in [2.24, 2.45) is 16.6 Å².